The zero-order valence-corrected chi connectivity index (χ0v) is 9.85. The Morgan fingerprint density at radius 1 is 0.941 bits per heavy atom. The van der Waals surface area contributed by atoms with Crippen LogP contribution in [0.5, 0.6) is 0 Å². The van der Waals surface area contributed by atoms with Crippen molar-refractivity contribution in [2.24, 2.45) is 0 Å². The van der Waals surface area contributed by atoms with Crippen LogP contribution in [0.3, 0.4) is 0 Å². The van der Waals surface area contributed by atoms with Crippen molar-refractivity contribution >= 4 is 12.2 Å². The molecular formula is C17H14. The van der Waals surface area contributed by atoms with E-state index in [1.807, 2.05) is 24.3 Å². The monoisotopic (exact) mass is 218 g/mol. The van der Waals surface area contributed by atoms with Crippen LogP contribution in [-0.2, 0) is 0 Å². The second-order valence-electron chi connectivity index (χ2n) is 3.98. The van der Waals surface area contributed by atoms with Gasteiger partial charge in [-0.15, -0.1) is 6.42 Å². The highest BCUT2D eigenvalue weighted by atomic mass is 14.0. The van der Waals surface area contributed by atoms with Gasteiger partial charge in [0.1, 0.15) is 0 Å². The van der Waals surface area contributed by atoms with Gasteiger partial charge in [0.2, 0.25) is 0 Å². The quantitative estimate of drug-likeness (QED) is 0.525. The summed E-state index contributed by atoms with van der Waals surface area (Å²) >= 11 is 0. The van der Waals surface area contributed by atoms with Crippen LogP contribution in [0.2, 0.25) is 0 Å². The Hall–Kier alpha value is -2.26. The van der Waals surface area contributed by atoms with E-state index in [0.29, 0.717) is 0 Å². The fraction of sp³-hybridized carbons (Fsp3) is 0.0588. The molecular weight excluding hydrogens is 204 g/mol. The van der Waals surface area contributed by atoms with Gasteiger partial charge in [-0.3, -0.25) is 0 Å². The van der Waals surface area contributed by atoms with Gasteiger partial charge in [-0.2, -0.15) is 0 Å². The Kier molecular flexibility index (Phi) is 3.43. The molecule has 0 saturated heterocycles. The van der Waals surface area contributed by atoms with Gasteiger partial charge in [-0.05, 0) is 24.1 Å². The fourth-order valence-corrected chi connectivity index (χ4v) is 1.64. The van der Waals surface area contributed by atoms with Crippen LogP contribution in [0.15, 0.2) is 48.5 Å². The average molecular weight is 218 g/mol. The Bertz CT molecular complexity index is 566. The van der Waals surface area contributed by atoms with E-state index in [1.165, 1.54) is 11.1 Å². The fourth-order valence-electron chi connectivity index (χ4n) is 1.64. The van der Waals surface area contributed by atoms with Gasteiger partial charge in [0.25, 0.3) is 0 Å². The van der Waals surface area contributed by atoms with Crippen LogP contribution in [-0.4, -0.2) is 0 Å². The zero-order chi connectivity index (χ0) is 12.1. The predicted molar refractivity (Wildman–Crippen MR) is 74.5 cm³/mol. The van der Waals surface area contributed by atoms with Crippen LogP contribution < -0.4 is 0 Å². The molecule has 0 radical (unpaired) electrons. The summed E-state index contributed by atoms with van der Waals surface area (Å²) in [6, 6.07) is 16.3. The lowest BCUT2D eigenvalue weighted by atomic mass is 10.1. The summed E-state index contributed by atoms with van der Waals surface area (Å²) in [7, 11) is 0. The molecule has 2 rings (SSSR count). The minimum Gasteiger partial charge on any atom is -0.115 e. The van der Waals surface area contributed by atoms with Crippen LogP contribution in [0, 0.1) is 19.3 Å². The van der Waals surface area contributed by atoms with Crippen LogP contribution in [0.1, 0.15) is 22.3 Å². The lowest BCUT2D eigenvalue weighted by Crippen LogP contribution is -1.80. The molecule has 82 valence electrons. The topological polar surface area (TPSA) is 0 Å². The van der Waals surface area contributed by atoms with E-state index in [1.54, 1.807) is 0 Å². The summed E-state index contributed by atoms with van der Waals surface area (Å²) in [5.74, 6) is 2.69. The maximum atomic E-state index is 5.46. The van der Waals surface area contributed by atoms with Crippen molar-refractivity contribution in [1.29, 1.82) is 0 Å². The first-order valence-electron chi connectivity index (χ1n) is 5.60. The molecule has 0 atom stereocenters. The van der Waals surface area contributed by atoms with E-state index >= 15 is 0 Å². The second kappa shape index (κ2) is 5.18. The highest BCUT2D eigenvalue weighted by Crippen LogP contribution is 2.12. The SMILES string of the molecule is C#Cc1ccccc1/C=C/c1ccc(C)cc1. The maximum Gasteiger partial charge on any atom is 0.0315 e. The molecule has 0 amide bonds. The van der Waals surface area contributed by atoms with Gasteiger partial charge >= 0.3 is 0 Å². The first-order chi connectivity index (χ1) is 8.29. The lowest BCUT2D eigenvalue weighted by Gasteiger charge is -1.98. The van der Waals surface area contributed by atoms with E-state index in [-0.39, 0.29) is 0 Å². The third-order valence-corrected chi connectivity index (χ3v) is 2.65. The third-order valence-electron chi connectivity index (χ3n) is 2.65. The van der Waals surface area contributed by atoms with Crippen molar-refractivity contribution in [2.45, 2.75) is 6.92 Å². The molecule has 0 saturated carbocycles. The Labute approximate surface area is 103 Å². The van der Waals surface area contributed by atoms with Gasteiger partial charge < -0.3 is 0 Å². The van der Waals surface area contributed by atoms with Crippen molar-refractivity contribution in [3.05, 3.63) is 70.8 Å². The zero-order valence-electron chi connectivity index (χ0n) is 9.85. The number of hydrogen-bond acceptors (Lipinski definition) is 0. The molecule has 2 aromatic carbocycles. The summed E-state index contributed by atoms with van der Waals surface area (Å²) in [5, 5.41) is 0. The van der Waals surface area contributed by atoms with E-state index < -0.39 is 0 Å². The highest BCUT2D eigenvalue weighted by Gasteiger charge is 1.93. The van der Waals surface area contributed by atoms with E-state index in [0.717, 1.165) is 11.1 Å². The number of hydrogen-bond donors (Lipinski definition) is 0. The molecule has 0 aliphatic carbocycles. The van der Waals surface area contributed by atoms with Gasteiger partial charge in [-0.25, -0.2) is 0 Å². The smallest absolute Gasteiger partial charge is 0.0315 e. The van der Waals surface area contributed by atoms with E-state index in [2.05, 4.69) is 49.3 Å². The van der Waals surface area contributed by atoms with Crippen LogP contribution in [0.25, 0.3) is 12.2 Å². The summed E-state index contributed by atoms with van der Waals surface area (Å²) < 4.78 is 0. The molecule has 2 aromatic rings. The number of rotatable bonds is 2. The van der Waals surface area contributed by atoms with Crippen molar-refractivity contribution in [2.75, 3.05) is 0 Å². The molecule has 17 heavy (non-hydrogen) atoms. The molecule has 0 unspecified atom stereocenters. The highest BCUT2D eigenvalue weighted by molar-refractivity contribution is 5.72. The average Bonchev–Trinajstić information content (AvgIpc) is 2.38. The summed E-state index contributed by atoms with van der Waals surface area (Å²) in [4.78, 5) is 0. The van der Waals surface area contributed by atoms with Crippen molar-refractivity contribution < 1.29 is 0 Å². The van der Waals surface area contributed by atoms with E-state index in [4.69, 9.17) is 6.42 Å². The Morgan fingerprint density at radius 3 is 2.35 bits per heavy atom. The molecule has 0 nitrogen and oxygen atoms in total. The first kappa shape index (κ1) is 11.2. The standard InChI is InChI=1S/C17H14/c1-3-16-6-4-5-7-17(16)13-12-15-10-8-14(2)9-11-15/h1,4-13H,2H3/b13-12+. The molecule has 0 fully saturated rings. The van der Waals surface area contributed by atoms with Crippen molar-refractivity contribution in [1.82, 2.24) is 0 Å². The second-order valence-corrected chi connectivity index (χ2v) is 3.98. The van der Waals surface area contributed by atoms with Crippen LogP contribution in [0.4, 0.5) is 0 Å². The largest absolute Gasteiger partial charge is 0.115 e. The van der Waals surface area contributed by atoms with Crippen molar-refractivity contribution in [3.8, 4) is 12.3 Å². The molecule has 0 N–H and O–H groups in total. The Balaban J connectivity index is 2.26. The van der Waals surface area contributed by atoms with Crippen molar-refractivity contribution in [3.63, 3.8) is 0 Å². The number of benzene rings is 2. The molecule has 0 aromatic heterocycles. The maximum absolute atomic E-state index is 5.46. The number of terminal acetylenes is 1. The van der Waals surface area contributed by atoms with E-state index in [9.17, 15) is 0 Å². The molecule has 0 bridgehead atoms. The van der Waals surface area contributed by atoms with Gasteiger partial charge in [0, 0.05) is 5.56 Å². The molecule has 0 heterocycles. The van der Waals surface area contributed by atoms with Gasteiger partial charge in [0.05, 0.1) is 0 Å². The normalized spacial score (nSPS) is 10.4. The lowest BCUT2D eigenvalue weighted by molar-refractivity contribution is 1.46. The Morgan fingerprint density at radius 2 is 1.65 bits per heavy atom. The summed E-state index contributed by atoms with van der Waals surface area (Å²) in [6.45, 7) is 2.08. The molecule has 0 aliphatic heterocycles. The van der Waals surface area contributed by atoms with Gasteiger partial charge in [-0.1, -0.05) is 66.1 Å². The summed E-state index contributed by atoms with van der Waals surface area (Å²) in [5.41, 5.74) is 4.46. The molecule has 0 aliphatic rings. The predicted octanol–water partition coefficient (Wildman–Crippen LogP) is 4.15. The minimum absolute atomic E-state index is 0.927. The summed E-state index contributed by atoms with van der Waals surface area (Å²) in [6.07, 6.45) is 9.59. The first-order valence-corrected chi connectivity index (χ1v) is 5.60. The van der Waals surface area contributed by atoms with Crippen LogP contribution >= 0.6 is 0 Å². The number of aryl methyl sites for hydroxylation is 1. The molecule has 0 spiro atoms. The minimum atomic E-state index is 0.927. The van der Waals surface area contributed by atoms with Gasteiger partial charge in [0.15, 0.2) is 0 Å². The third kappa shape index (κ3) is 2.86. The molecule has 0 heteroatoms.